The molecular weight excluding hydrogens is 450 g/mol. The van der Waals surface area contributed by atoms with Crippen LogP contribution in [0.25, 0.3) is 0 Å². The van der Waals surface area contributed by atoms with E-state index in [0.717, 1.165) is 0 Å². The molecule has 3 aliphatic rings. The molecule has 0 bridgehead atoms. The van der Waals surface area contributed by atoms with E-state index in [-0.39, 0.29) is 36.1 Å². The number of phenols is 1. The Morgan fingerprint density at radius 2 is 1.82 bits per heavy atom. The molecule has 33 heavy (non-hydrogen) atoms. The highest BCUT2D eigenvalue weighted by molar-refractivity contribution is 7.93. The number of carbonyl (C=O) groups is 2. The number of benzene rings is 2. The number of hydrogen-bond acceptors (Lipinski definition) is 7. The molecule has 2 aromatic carbocycles. The second-order valence-corrected chi connectivity index (χ2v) is 10.2. The number of ether oxygens (including phenoxy) is 2. The molecule has 2 N–H and O–H groups in total. The van der Waals surface area contributed by atoms with E-state index < -0.39 is 21.8 Å². The van der Waals surface area contributed by atoms with Crippen molar-refractivity contribution in [2.75, 3.05) is 46.6 Å². The molecular formula is C22H23N3O7S. The van der Waals surface area contributed by atoms with Crippen LogP contribution in [0.1, 0.15) is 12.8 Å². The van der Waals surface area contributed by atoms with Crippen LogP contribution < -0.4 is 24.0 Å². The Hall–Kier alpha value is -3.47. The Labute approximate surface area is 190 Å². The zero-order chi connectivity index (χ0) is 23.2. The van der Waals surface area contributed by atoms with Crippen LogP contribution in [0.4, 0.5) is 17.1 Å². The fourth-order valence-corrected chi connectivity index (χ4v) is 5.83. The quantitative estimate of drug-likeness (QED) is 0.648. The molecule has 0 aliphatic carbocycles. The second-order valence-electron chi connectivity index (χ2n) is 8.17. The van der Waals surface area contributed by atoms with Gasteiger partial charge in [0, 0.05) is 31.3 Å². The van der Waals surface area contributed by atoms with E-state index in [1.165, 1.54) is 27.4 Å². The lowest BCUT2D eigenvalue weighted by Crippen LogP contribution is -2.28. The zero-order valence-corrected chi connectivity index (χ0v) is 18.5. The van der Waals surface area contributed by atoms with Crippen molar-refractivity contribution in [1.29, 1.82) is 0 Å². The molecule has 2 amide bonds. The van der Waals surface area contributed by atoms with Gasteiger partial charge in [-0.15, -0.1) is 0 Å². The minimum Gasteiger partial charge on any atom is -0.506 e. The summed E-state index contributed by atoms with van der Waals surface area (Å²) in [6, 6.07) is 9.48. The van der Waals surface area contributed by atoms with E-state index in [1.54, 1.807) is 18.2 Å². The van der Waals surface area contributed by atoms with Gasteiger partial charge in [0.25, 0.3) is 0 Å². The average molecular weight is 474 g/mol. The van der Waals surface area contributed by atoms with Gasteiger partial charge in [0.15, 0.2) is 11.5 Å². The van der Waals surface area contributed by atoms with Gasteiger partial charge in [0.1, 0.15) is 19.0 Å². The number of sulfonamides is 1. The summed E-state index contributed by atoms with van der Waals surface area (Å²) in [6.45, 7) is 1.42. The molecule has 174 valence electrons. The van der Waals surface area contributed by atoms with Crippen molar-refractivity contribution in [2.24, 2.45) is 5.92 Å². The Bertz CT molecular complexity index is 1230. The predicted octanol–water partition coefficient (Wildman–Crippen LogP) is 1.69. The zero-order valence-electron chi connectivity index (χ0n) is 17.7. The third-order valence-electron chi connectivity index (χ3n) is 5.96. The fraction of sp³-hybridized carbons (Fsp3) is 0.364. The number of carbonyl (C=O) groups excluding carboxylic acids is 2. The monoisotopic (exact) mass is 473 g/mol. The first-order valence-corrected chi connectivity index (χ1v) is 12.3. The SMILES string of the molecule is O=C(Nc1cc(N2CCCS2(=O)=O)ccc1O)C1CC(=O)N(c2ccc3c(c2)OCCO3)C1. The molecule has 2 saturated heterocycles. The first kappa shape index (κ1) is 21.4. The number of aromatic hydroxyl groups is 1. The van der Waals surface area contributed by atoms with Crippen LogP contribution >= 0.6 is 0 Å². The maximum Gasteiger partial charge on any atom is 0.235 e. The topological polar surface area (TPSA) is 125 Å². The van der Waals surface area contributed by atoms with Crippen molar-refractivity contribution in [3.63, 3.8) is 0 Å². The second kappa shape index (κ2) is 8.14. The van der Waals surface area contributed by atoms with Gasteiger partial charge < -0.3 is 24.8 Å². The molecule has 3 aliphatic heterocycles. The van der Waals surface area contributed by atoms with E-state index >= 15 is 0 Å². The molecule has 3 heterocycles. The van der Waals surface area contributed by atoms with Crippen LogP contribution in [0.2, 0.25) is 0 Å². The number of nitrogens with zero attached hydrogens (tertiary/aromatic N) is 2. The van der Waals surface area contributed by atoms with Gasteiger partial charge in [-0.05, 0) is 36.8 Å². The number of nitrogens with one attached hydrogen (secondary N) is 1. The molecule has 1 unspecified atom stereocenters. The molecule has 0 spiro atoms. The van der Waals surface area contributed by atoms with E-state index in [0.29, 0.717) is 49.1 Å². The summed E-state index contributed by atoms with van der Waals surface area (Å²) < 4.78 is 36.8. The van der Waals surface area contributed by atoms with Crippen LogP contribution in [0.3, 0.4) is 0 Å². The summed E-state index contributed by atoms with van der Waals surface area (Å²) in [6.07, 6.45) is 0.534. The van der Waals surface area contributed by atoms with E-state index in [4.69, 9.17) is 9.47 Å². The van der Waals surface area contributed by atoms with Crippen LogP contribution in [-0.2, 0) is 19.6 Å². The lowest BCUT2D eigenvalue weighted by molar-refractivity contribution is -0.122. The van der Waals surface area contributed by atoms with Crippen LogP contribution in [-0.4, -0.2) is 57.4 Å². The summed E-state index contributed by atoms with van der Waals surface area (Å²) in [5.74, 6) is -0.219. The molecule has 5 rings (SSSR count). The highest BCUT2D eigenvalue weighted by Gasteiger charge is 2.36. The number of phenolic OH excluding ortho intramolecular Hbond substituents is 1. The van der Waals surface area contributed by atoms with Crippen LogP contribution in [0.15, 0.2) is 36.4 Å². The summed E-state index contributed by atoms with van der Waals surface area (Å²) >= 11 is 0. The summed E-state index contributed by atoms with van der Waals surface area (Å²) in [5.41, 5.74) is 1.09. The Kier molecular flexibility index (Phi) is 5.28. The van der Waals surface area contributed by atoms with Crippen molar-refractivity contribution in [2.45, 2.75) is 12.8 Å². The summed E-state index contributed by atoms with van der Waals surface area (Å²) in [7, 11) is -3.40. The lowest BCUT2D eigenvalue weighted by Gasteiger charge is -2.22. The molecule has 2 aromatic rings. The van der Waals surface area contributed by atoms with Gasteiger partial charge in [0.05, 0.1) is 23.0 Å². The van der Waals surface area contributed by atoms with Gasteiger partial charge in [-0.2, -0.15) is 0 Å². The fourth-order valence-electron chi connectivity index (χ4n) is 4.28. The Morgan fingerprint density at radius 1 is 1.06 bits per heavy atom. The highest BCUT2D eigenvalue weighted by atomic mass is 32.2. The molecule has 11 heteroatoms. The van der Waals surface area contributed by atoms with E-state index in [1.807, 2.05) is 0 Å². The van der Waals surface area contributed by atoms with Gasteiger partial charge >= 0.3 is 0 Å². The minimum absolute atomic E-state index is 0.0151. The normalized spacial score (nSPS) is 21.3. The van der Waals surface area contributed by atoms with Crippen molar-refractivity contribution >= 4 is 38.9 Å². The van der Waals surface area contributed by atoms with E-state index in [2.05, 4.69) is 5.32 Å². The highest BCUT2D eigenvalue weighted by Crippen LogP contribution is 2.37. The van der Waals surface area contributed by atoms with Gasteiger partial charge in [0.2, 0.25) is 21.8 Å². The summed E-state index contributed by atoms with van der Waals surface area (Å²) in [4.78, 5) is 27.1. The number of rotatable bonds is 4. The van der Waals surface area contributed by atoms with Crippen LogP contribution in [0.5, 0.6) is 17.2 Å². The molecule has 0 saturated carbocycles. The standard InChI is InChI=1S/C22H23N3O7S/c26-18-4-2-16(25-6-1-9-33(25,29)30)11-17(18)23-22(28)14-10-21(27)24(13-14)15-3-5-19-20(12-15)32-8-7-31-19/h2-5,11-12,14,26H,1,6-10,13H2,(H,23,28). The maximum absolute atomic E-state index is 12.9. The first-order valence-electron chi connectivity index (χ1n) is 10.7. The van der Waals surface area contributed by atoms with Crippen molar-refractivity contribution < 1.29 is 32.6 Å². The first-order chi connectivity index (χ1) is 15.8. The van der Waals surface area contributed by atoms with Gasteiger partial charge in [-0.25, -0.2) is 8.42 Å². The number of hydrogen-bond donors (Lipinski definition) is 2. The van der Waals surface area contributed by atoms with Crippen molar-refractivity contribution in [3.05, 3.63) is 36.4 Å². The van der Waals surface area contributed by atoms with Crippen molar-refractivity contribution in [1.82, 2.24) is 0 Å². The minimum atomic E-state index is -3.40. The lowest BCUT2D eigenvalue weighted by atomic mass is 10.1. The Balaban J connectivity index is 1.31. The average Bonchev–Trinajstić information content (AvgIpc) is 3.36. The van der Waals surface area contributed by atoms with E-state index in [9.17, 15) is 23.1 Å². The Morgan fingerprint density at radius 3 is 2.58 bits per heavy atom. The van der Waals surface area contributed by atoms with Crippen LogP contribution in [0, 0.1) is 5.92 Å². The largest absolute Gasteiger partial charge is 0.506 e. The third-order valence-corrected chi connectivity index (χ3v) is 7.83. The molecule has 1 atom stereocenters. The smallest absolute Gasteiger partial charge is 0.235 e. The predicted molar refractivity (Wildman–Crippen MR) is 120 cm³/mol. The molecule has 0 radical (unpaired) electrons. The summed E-state index contributed by atoms with van der Waals surface area (Å²) in [5, 5.41) is 12.9. The van der Waals surface area contributed by atoms with Crippen molar-refractivity contribution in [3.8, 4) is 17.2 Å². The van der Waals surface area contributed by atoms with Gasteiger partial charge in [-0.1, -0.05) is 0 Å². The molecule has 0 aromatic heterocycles. The third kappa shape index (κ3) is 4.04. The number of fused-ring (bicyclic) bond motifs is 1. The molecule has 10 nitrogen and oxygen atoms in total. The maximum atomic E-state index is 12.9. The van der Waals surface area contributed by atoms with Gasteiger partial charge in [-0.3, -0.25) is 13.9 Å². The molecule has 2 fully saturated rings. The number of anilines is 3. The number of amides is 2.